The van der Waals surface area contributed by atoms with Gasteiger partial charge in [0.15, 0.2) is 5.92 Å². The summed E-state index contributed by atoms with van der Waals surface area (Å²) in [5.74, 6) is -0.938. The second-order valence-corrected chi connectivity index (χ2v) is 5.57. The third-order valence-corrected chi connectivity index (χ3v) is 3.54. The molecule has 0 aromatic heterocycles. The SMILES string of the molecule is CCOC(=O)C(CCCCCOc1cccc(C)c1)C(=O)OCC. The van der Waals surface area contributed by atoms with Gasteiger partial charge in [0.25, 0.3) is 0 Å². The fourth-order valence-corrected chi connectivity index (χ4v) is 2.34. The molecule has 134 valence electrons. The lowest BCUT2D eigenvalue weighted by Gasteiger charge is -2.14. The van der Waals surface area contributed by atoms with Crippen LogP contribution < -0.4 is 4.74 Å². The second-order valence-electron chi connectivity index (χ2n) is 5.57. The van der Waals surface area contributed by atoms with Gasteiger partial charge in [-0.2, -0.15) is 0 Å². The Balaban J connectivity index is 2.29. The van der Waals surface area contributed by atoms with Gasteiger partial charge in [0.2, 0.25) is 0 Å². The Morgan fingerprint density at radius 2 is 1.67 bits per heavy atom. The van der Waals surface area contributed by atoms with E-state index >= 15 is 0 Å². The van der Waals surface area contributed by atoms with Crippen LogP contribution in [0.1, 0.15) is 45.1 Å². The van der Waals surface area contributed by atoms with Gasteiger partial charge >= 0.3 is 11.9 Å². The predicted molar refractivity (Wildman–Crippen MR) is 91.9 cm³/mol. The summed E-state index contributed by atoms with van der Waals surface area (Å²) < 4.78 is 15.6. The molecule has 0 bridgehead atoms. The van der Waals surface area contributed by atoms with Crippen LogP contribution in [0, 0.1) is 12.8 Å². The highest BCUT2D eigenvalue weighted by atomic mass is 16.6. The highest BCUT2D eigenvalue weighted by Crippen LogP contribution is 2.16. The molecule has 0 aliphatic carbocycles. The third-order valence-electron chi connectivity index (χ3n) is 3.54. The number of hydrogen-bond acceptors (Lipinski definition) is 5. The topological polar surface area (TPSA) is 61.8 Å². The Morgan fingerprint density at radius 1 is 1.00 bits per heavy atom. The Kier molecular flexibility index (Phi) is 9.58. The van der Waals surface area contributed by atoms with Gasteiger partial charge in [0, 0.05) is 0 Å². The van der Waals surface area contributed by atoms with Crippen LogP contribution in [-0.2, 0) is 19.1 Å². The van der Waals surface area contributed by atoms with Crippen molar-refractivity contribution in [3.8, 4) is 5.75 Å². The quantitative estimate of drug-likeness (QED) is 0.350. The molecule has 1 aromatic carbocycles. The number of unbranched alkanes of at least 4 members (excludes halogenated alkanes) is 2. The molecule has 0 atom stereocenters. The van der Waals surface area contributed by atoms with Gasteiger partial charge in [-0.25, -0.2) is 0 Å². The molecule has 5 nitrogen and oxygen atoms in total. The average Bonchev–Trinajstić information content (AvgIpc) is 2.54. The minimum atomic E-state index is -0.817. The smallest absolute Gasteiger partial charge is 0.320 e. The first-order chi connectivity index (χ1) is 11.6. The first-order valence-electron chi connectivity index (χ1n) is 8.61. The average molecular weight is 336 g/mol. The molecule has 1 aromatic rings. The minimum absolute atomic E-state index is 0.263. The number of rotatable bonds is 11. The van der Waals surface area contributed by atoms with Crippen LogP contribution in [-0.4, -0.2) is 31.8 Å². The molecule has 0 saturated carbocycles. The standard InChI is InChI=1S/C19H28O5/c1-4-22-18(20)17(19(21)23-5-2)12-7-6-8-13-24-16-11-9-10-15(3)14-16/h9-11,14,17H,4-8,12-13H2,1-3H3. The zero-order valence-electron chi connectivity index (χ0n) is 14.9. The zero-order chi connectivity index (χ0) is 17.8. The van der Waals surface area contributed by atoms with Gasteiger partial charge in [-0.1, -0.05) is 25.0 Å². The van der Waals surface area contributed by atoms with Crippen LogP contribution in [0.25, 0.3) is 0 Å². The summed E-state index contributed by atoms with van der Waals surface area (Å²) in [7, 11) is 0. The van der Waals surface area contributed by atoms with E-state index in [-0.39, 0.29) is 13.2 Å². The molecular weight excluding hydrogens is 308 g/mol. The molecule has 0 aliphatic rings. The van der Waals surface area contributed by atoms with Crippen molar-refractivity contribution in [2.24, 2.45) is 5.92 Å². The third kappa shape index (κ3) is 7.49. The Bertz CT molecular complexity index is 494. The molecule has 1 rings (SSSR count). The summed E-state index contributed by atoms with van der Waals surface area (Å²) in [5, 5.41) is 0. The molecular formula is C19H28O5. The van der Waals surface area contributed by atoms with Gasteiger partial charge < -0.3 is 14.2 Å². The number of ether oxygens (including phenoxy) is 3. The predicted octanol–water partition coefficient (Wildman–Crippen LogP) is 3.68. The van der Waals surface area contributed by atoms with Crippen molar-refractivity contribution in [2.75, 3.05) is 19.8 Å². The highest BCUT2D eigenvalue weighted by molar-refractivity contribution is 5.94. The molecule has 24 heavy (non-hydrogen) atoms. The summed E-state index contributed by atoms with van der Waals surface area (Å²) in [6.07, 6.45) is 2.94. The maximum absolute atomic E-state index is 11.8. The first-order valence-corrected chi connectivity index (χ1v) is 8.61. The van der Waals surface area contributed by atoms with Crippen molar-refractivity contribution >= 4 is 11.9 Å². The fraction of sp³-hybridized carbons (Fsp3) is 0.579. The Labute approximate surface area is 144 Å². The number of hydrogen-bond donors (Lipinski definition) is 0. The van der Waals surface area contributed by atoms with Crippen molar-refractivity contribution in [3.05, 3.63) is 29.8 Å². The lowest BCUT2D eigenvalue weighted by Crippen LogP contribution is -2.28. The summed E-state index contributed by atoms with van der Waals surface area (Å²) in [4.78, 5) is 23.7. The normalized spacial score (nSPS) is 10.5. The van der Waals surface area contributed by atoms with Gasteiger partial charge in [-0.15, -0.1) is 0 Å². The lowest BCUT2D eigenvalue weighted by atomic mass is 10.0. The van der Waals surface area contributed by atoms with E-state index in [0.717, 1.165) is 25.0 Å². The van der Waals surface area contributed by atoms with Gasteiger partial charge in [-0.3, -0.25) is 9.59 Å². The van der Waals surface area contributed by atoms with Gasteiger partial charge in [-0.05, 0) is 51.3 Å². The van der Waals surface area contributed by atoms with E-state index in [9.17, 15) is 9.59 Å². The molecule has 0 N–H and O–H groups in total. The van der Waals surface area contributed by atoms with Crippen LogP contribution in [0.15, 0.2) is 24.3 Å². The highest BCUT2D eigenvalue weighted by Gasteiger charge is 2.28. The van der Waals surface area contributed by atoms with Crippen LogP contribution in [0.3, 0.4) is 0 Å². The van der Waals surface area contributed by atoms with Crippen LogP contribution in [0.4, 0.5) is 0 Å². The van der Waals surface area contributed by atoms with E-state index in [1.54, 1.807) is 13.8 Å². The molecule has 0 saturated heterocycles. The van der Waals surface area contributed by atoms with E-state index in [1.165, 1.54) is 5.56 Å². The molecule has 0 amide bonds. The Morgan fingerprint density at radius 3 is 2.25 bits per heavy atom. The summed E-state index contributed by atoms with van der Waals surface area (Å²) in [5.41, 5.74) is 1.17. The van der Waals surface area contributed by atoms with Crippen molar-refractivity contribution in [1.29, 1.82) is 0 Å². The maximum atomic E-state index is 11.8. The van der Waals surface area contributed by atoms with Crippen LogP contribution in [0.2, 0.25) is 0 Å². The van der Waals surface area contributed by atoms with Crippen molar-refractivity contribution < 1.29 is 23.8 Å². The molecule has 0 unspecified atom stereocenters. The number of carbonyl (C=O) groups excluding carboxylic acids is 2. The second kappa shape index (κ2) is 11.5. The van der Waals surface area contributed by atoms with E-state index in [4.69, 9.17) is 14.2 Å². The first kappa shape index (κ1) is 20.0. The molecule has 0 radical (unpaired) electrons. The van der Waals surface area contributed by atoms with Crippen LogP contribution in [0.5, 0.6) is 5.75 Å². The lowest BCUT2D eigenvalue weighted by molar-refractivity contribution is -0.161. The van der Waals surface area contributed by atoms with E-state index < -0.39 is 17.9 Å². The maximum Gasteiger partial charge on any atom is 0.320 e. The zero-order valence-corrected chi connectivity index (χ0v) is 14.9. The molecule has 0 heterocycles. The monoisotopic (exact) mass is 336 g/mol. The largest absolute Gasteiger partial charge is 0.494 e. The Hall–Kier alpha value is -2.04. The number of esters is 2. The van der Waals surface area contributed by atoms with Gasteiger partial charge in [0.1, 0.15) is 5.75 Å². The van der Waals surface area contributed by atoms with Crippen molar-refractivity contribution in [2.45, 2.75) is 46.5 Å². The minimum Gasteiger partial charge on any atom is -0.494 e. The van der Waals surface area contributed by atoms with Crippen molar-refractivity contribution in [1.82, 2.24) is 0 Å². The van der Waals surface area contributed by atoms with E-state index in [0.29, 0.717) is 13.0 Å². The molecule has 0 spiro atoms. The van der Waals surface area contributed by atoms with Gasteiger partial charge in [0.05, 0.1) is 19.8 Å². The molecule has 5 heteroatoms. The van der Waals surface area contributed by atoms with Crippen molar-refractivity contribution in [3.63, 3.8) is 0 Å². The number of benzene rings is 1. The fourth-order valence-electron chi connectivity index (χ4n) is 2.34. The van der Waals surface area contributed by atoms with E-state index in [1.807, 2.05) is 31.2 Å². The number of aryl methyl sites for hydroxylation is 1. The summed E-state index contributed by atoms with van der Waals surface area (Å²) >= 11 is 0. The number of carbonyl (C=O) groups is 2. The molecule has 0 aliphatic heterocycles. The van der Waals surface area contributed by atoms with E-state index in [2.05, 4.69) is 0 Å². The summed E-state index contributed by atoms with van der Waals surface area (Å²) in [6.45, 7) is 6.62. The molecule has 0 fully saturated rings. The van der Waals surface area contributed by atoms with Crippen LogP contribution >= 0.6 is 0 Å². The summed E-state index contributed by atoms with van der Waals surface area (Å²) in [6, 6.07) is 7.92.